The number of halogens is 1. The molecule has 1 aliphatic rings. The second-order valence-electron chi connectivity index (χ2n) is 7.40. The maximum atomic E-state index is 6.06. The third-order valence-electron chi connectivity index (χ3n) is 5.20. The molecule has 2 aromatic carbocycles. The van der Waals surface area contributed by atoms with Crippen molar-refractivity contribution in [2.24, 2.45) is 0 Å². The molecule has 0 radical (unpaired) electrons. The molecule has 0 spiro atoms. The molecule has 1 atom stereocenters. The lowest BCUT2D eigenvalue weighted by atomic mass is 10.2. The Morgan fingerprint density at radius 1 is 1.03 bits per heavy atom. The standard InChI is InChI=1S/C23H21ClN4O2S/c24-18-10-8-17(9-11-18)22-25-26-23(28(22)14-20-7-4-12-29-20)31-15-19-13-21(30-27-19)16-5-2-1-3-6-16/h1-3,5-6,8-11,13,20H,4,7,12,14-15H2/t20-/m0/s1. The van der Waals surface area contributed by atoms with Gasteiger partial charge in [0.05, 0.1) is 18.3 Å². The molecule has 0 aliphatic carbocycles. The SMILES string of the molecule is Clc1ccc(-c2nnc(SCc3cc(-c4ccccc4)on3)n2C[C@@H]2CCCO2)cc1. The quantitative estimate of drug-likeness (QED) is 0.334. The van der Waals surface area contributed by atoms with Gasteiger partial charge in [-0.15, -0.1) is 10.2 Å². The average Bonchev–Trinajstić information content (AvgIpc) is 3.56. The molecule has 2 aromatic heterocycles. The lowest BCUT2D eigenvalue weighted by Crippen LogP contribution is -2.16. The first-order chi connectivity index (χ1) is 15.3. The fourth-order valence-electron chi connectivity index (χ4n) is 3.62. The van der Waals surface area contributed by atoms with Gasteiger partial charge in [-0.05, 0) is 37.1 Å². The second-order valence-corrected chi connectivity index (χ2v) is 8.77. The van der Waals surface area contributed by atoms with Crippen molar-refractivity contribution in [1.82, 2.24) is 19.9 Å². The van der Waals surface area contributed by atoms with Gasteiger partial charge in [-0.2, -0.15) is 0 Å². The van der Waals surface area contributed by atoms with Crippen molar-refractivity contribution in [2.75, 3.05) is 6.61 Å². The summed E-state index contributed by atoms with van der Waals surface area (Å²) in [6.45, 7) is 1.54. The van der Waals surface area contributed by atoms with E-state index in [2.05, 4.69) is 19.9 Å². The van der Waals surface area contributed by atoms with Crippen molar-refractivity contribution in [3.05, 3.63) is 71.4 Å². The molecule has 1 fully saturated rings. The molecule has 1 saturated heterocycles. The van der Waals surface area contributed by atoms with Crippen molar-refractivity contribution in [1.29, 1.82) is 0 Å². The molecule has 158 valence electrons. The van der Waals surface area contributed by atoms with Crippen LogP contribution in [-0.4, -0.2) is 32.6 Å². The summed E-state index contributed by atoms with van der Waals surface area (Å²) in [6, 6.07) is 19.6. The van der Waals surface area contributed by atoms with Crippen LogP contribution in [0.15, 0.2) is 70.3 Å². The highest BCUT2D eigenvalue weighted by Crippen LogP contribution is 2.30. The second kappa shape index (κ2) is 9.26. The van der Waals surface area contributed by atoms with Gasteiger partial charge >= 0.3 is 0 Å². The normalized spacial score (nSPS) is 16.1. The third kappa shape index (κ3) is 4.69. The van der Waals surface area contributed by atoms with E-state index < -0.39 is 0 Å². The van der Waals surface area contributed by atoms with Crippen LogP contribution in [0.1, 0.15) is 18.5 Å². The summed E-state index contributed by atoms with van der Waals surface area (Å²) in [5.74, 6) is 2.22. The zero-order valence-electron chi connectivity index (χ0n) is 16.8. The van der Waals surface area contributed by atoms with Crippen LogP contribution in [0.3, 0.4) is 0 Å². The average molecular weight is 453 g/mol. The summed E-state index contributed by atoms with van der Waals surface area (Å²) < 4.78 is 13.5. The molecule has 0 saturated carbocycles. The summed E-state index contributed by atoms with van der Waals surface area (Å²) >= 11 is 7.66. The van der Waals surface area contributed by atoms with Crippen LogP contribution in [-0.2, 0) is 17.0 Å². The van der Waals surface area contributed by atoms with Crippen molar-refractivity contribution in [2.45, 2.75) is 36.4 Å². The number of ether oxygens (including phenoxy) is 1. The highest BCUT2D eigenvalue weighted by molar-refractivity contribution is 7.98. The van der Waals surface area contributed by atoms with Crippen LogP contribution in [0.5, 0.6) is 0 Å². The Labute approximate surface area is 189 Å². The van der Waals surface area contributed by atoms with Gasteiger partial charge in [0.25, 0.3) is 0 Å². The summed E-state index contributed by atoms with van der Waals surface area (Å²) in [5.41, 5.74) is 2.86. The van der Waals surface area contributed by atoms with E-state index in [-0.39, 0.29) is 6.10 Å². The smallest absolute Gasteiger partial charge is 0.191 e. The van der Waals surface area contributed by atoms with Gasteiger partial charge in [0.2, 0.25) is 0 Å². The molecular formula is C23H21ClN4O2S. The Balaban J connectivity index is 1.37. The number of aromatic nitrogens is 4. The first-order valence-electron chi connectivity index (χ1n) is 10.2. The van der Waals surface area contributed by atoms with E-state index >= 15 is 0 Å². The van der Waals surface area contributed by atoms with Crippen molar-refractivity contribution in [3.8, 4) is 22.7 Å². The van der Waals surface area contributed by atoms with Crippen LogP contribution in [0.25, 0.3) is 22.7 Å². The van der Waals surface area contributed by atoms with Gasteiger partial charge in [-0.25, -0.2) is 0 Å². The van der Waals surface area contributed by atoms with E-state index in [1.165, 1.54) is 0 Å². The molecule has 4 aromatic rings. The van der Waals surface area contributed by atoms with Gasteiger partial charge < -0.3 is 9.26 Å². The summed E-state index contributed by atoms with van der Waals surface area (Å²) in [5, 5.41) is 14.7. The summed E-state index contributed by atoms with van der Waals surface area (Å²) in [6.07, 6.45) is 2.32. The number of hydrogen-bond donors (Lipinski definition) is 0. The minimum Gasteiger partial charge on any atom is -0.376 e. The number of rotatable bonds is 7. The van der Waals surface area contributed by atoms with E-state index in [1.54, 1.807) is 11.8 Å². The van der Waals surface area contributed by atoms with Crippen molar-refractivity contribution >= 4 is 23.4 Å². The number of nitrogens with zero attached hydrogens (tertiary/aromatic N) is 4. The fraction of sp³-hybridized carbons (Fsp3) is 0.261. The monoisotopic (exact) mass is 452 g/mol. The van der Waals surface area contributed by atoms with E-state index in [4.69, 9.17) is 20.9 Å². The Morgan fingerprint density at radius 3 is 2.65 bits per heavy atom. The largest absolute Gasteiger partial charge is 0.376 e. The Kier molecular flexibility index (Phi) is 6.06. The zero-order valence-corrected chi connectivity index (χ0v) is 18.4. The molecule has 6 nitrogen and oxygen atoms in total. The lowest BCUT2D eigenvalue weighted by molar-refractivity contribution is 0.0953. The molecule has 0 N–H and O–H groups in total. The number of hydrogen-bond acceptors (Lipinski definition) is 6. The Hall–Kier alpha value is -2.61. The zero-order chi connectivity index (χ0) is 21.0. The number of thioether (sulfide) groups is 1. The molecule has 31 heavy (non-hydrogen) atoms. The lowest BCUT2D eigenvalue weighted by Gasteiger charge is -2.14. The molecule has 8 heteroatoms. The Bertz CT molecular complexity index is 1140. The maximum absolute atomic E-state index is 6.06. The van der Waals surface area contributed by atoms with Crippen LogP contribution < -0.4 is 0 Å². The van der Waals surface area contributed by atoms with E-state index in [9.17, 15) is 0 Å². The van der Waals surface area contributed by atoms with Gasteiger partial charge in [0.15, 0.2) is 16.7 Å². The van der Waals surface area contributed by atoms with Crippen LogP contribution in [0.2, 0.25) is 5.02 Å². The van der Waals surface area contributed by atoms with Gasteiger partial charge in [-0.3, -0.25) is 4.57 Å². The molecule has 3 heterocycles. The number of benzene rings is 2. The molecule has 5 rings (SSSR count). The summed E-state index contributed by atoms with van der Waals surface area (Å²) in [7, 11) is 0. The summed E-state index contributed by atoms with van der Waals surface area (Å²) in [4.78, 5) is 0. The molecule has 0 unspecified atom stereocenters. The van der Waals surface area contributed by atoms with E-state index in [1.807, 2.05) is 60.7 Å². The predicted octanol–water partition coefficient (Wildman–Crippen LogP) is 5.72. The highest BCUT2D eigenvalue weighted by atomic mass is 35.5. The van der Waals surface area contributed by atoms with Crippen molar-refractivity contribution in [3.63, 3.8) is 0 Å². The predicted molar refractivity (Wildman–Crippen MR) is 121 cm³/mol. The van der Waals surface area contributed by atoms with Crippen LogP contribution >= 0.6 is 23.4 Å². The van der Waals surface area contributed by atoms with Crippen LogP contribution in [0, 0.1) is 0 Å². The van der Waals surface area contributed by atoms with Gasteiger partial charge in [0, 0.05) is 34.6 Å². The molecule has 1 aliphatic heterocycles. The Morgan fingerprint density at radius 2 is 1.87 bits per heavy atom. The molecular weight excluding hydrogens is 432 g/mol. The maximum Gasteiger partial charge on any atom is 0.191 e. The van der Waals surface area contributed by atoms with E-state index in [0.717, 1.165) is 59.6 Å². The van der Waals surface area contributed by atoms with Gasteiger partial charge in [-0.1, -0.05) is 58.9 Å². The van der Waals surface area contributed by atoms with Crippen molar-refractivity contribution < 1.29 is 9.26 Å². The minimum absolute atomic E-state index is 0.179. The van der Waals surface area contributed by atoms with Crippen LogP contribution in [0.4, 0.5) is 0 Å². The molecule has 0 bridgehead atoms. The molecule has 0 amide bonds. The minimum atomic E-state index is 0.179. The third-order valence-corrected chi connectivity index (χ3v) is 6.45. The highest BCUT2D eigenvalue weighted by Gasteiger charge is 2.22. The van der Waals surface area contributed by atoms with E-state index in [0.29, 0.717) is 10.8 Å². The fourth-order valence-corrected chi connectivity index (χ4v) is 4.58. The first kappa shape index (κ1) is 20.3. The topological polar surface area (TPSA) is 66.0 Å². The van der Waals surface area contributed by atoms with Gasteiger partial charge in [0.1, 0.15) is 0 Å². The first-order valence-corrected chi connectivity index (χ1v) is 11.6.